The van der Waals surface area contributed by atoms with E-state index in [1.807, 2.05) is 36.4 Å². The third-order valence-corrected chi connectivity index (χ3v) is 4.33. The zero-order chi connectivity index (χ0) is 19.2. The zero-order valence-corrected chi connectivity index (χ0v) is 15.6. The van der Waals surface area contributed by atoms with Crippen LogP contribution in [0.15, 0.2) is 66.7 Å². The quantitative estimate of drug-likeness (QED) is 0.465. The van der Waals surface area contributed by atoms with Gasteiger partial charge in [0.05, 0.1) is 0 Å². The van der Waals surface area contributed by atoms with Gasteiger partial charge in [-0.2, -0.15) is 0 Å². The molecule has 0 fully saturated rings. The summed E-state index contributed by atoms with van der Waals surface area (Å²) in [6.07, 6.45) is 2.71. The molecule has 0 saturated carbocycles. The first kappa shape index (κ1) is 19.0. The highest BCUT2D eigenvalue weighted by Crippen LogP contribution is 2.23. The Morgan fingerprint density at radius 2 is 1.78 bits per heavy atom. The van der Waals surface area contributed by atoms with E-state index in [-0.39, 0.29) is 6.61 Å². The third kappa shape index (κ3) is 5.09. The van der Waals surface area contributed by atoms with Gasteiger partial charge in [0, 0.05) is 27.2 Å². The summed E-state index contributed by atoms with van der Waals surface area (Å²) in [4.78, 5) is 23.9. The summed E-state index contributed by atoms with van der Waals surface area (Å²) in [5, 5.41) is 5.60. The number of fused-ring (bicyclic) bond motifs is 1. The van der Waals surface area contributed by atoms with E-state index in [1.165, 1.54) is 12.2 Å². The van der Waals surface area contributed by atoms with Gasteiger partial charge in [0.15, 0.2) is 6.61 Å². The van der Waals surface area contributed by atoms with Crippen LogP contribution in [0.25, 0.3) is 16.8 Å². The molecule has 1 amide bonds. The number of amides is 1. The number of hydrogen-bond donors (Lipinski definition) is 1. The van der Waals surface area contributed by atoms with E-state index in [1.54, 1.807) is 24.3 Å². The van der Waals surface area contributed by atoms with Crippen molar-refractivity contribution in [3.05, 3.63) is 82.3 Å². The molecule has 0 spiro atoms. The average Bonchev–Trinajstić information content (AvgIpc) is 2.66. The van der Waals surface area contributed by atoms with Gasteiger partial charge in [-0.05, 0) is 35.2 Å². The minimum absolute atomic E-state index is 0.388. The smallest absolute Gasteiger partial charge is 0.331 e. The lowest BCUT2D eigenvalue weighted by Gasteiger charge is -2.08. The number of hydrogen-bond acceptors (Lipinski definition) is 3. The minimum atomic E-state index is -0.644. The van der Waals surface area contributed by atoms with Crippen molar-refractivity contribution >= 4 is 57.6 Å². The highest BCUT2D eigenvalue weighted by Gasteiger charge is 2.08. The lowest BCUT2D eigenvalue weighted by molar-refractivity contribution is -0.142. The van der Waals surface area contributed by atoms with Crippen molar-refractivity contribution in [2.75, 3.05) is 11.9 Å². The van der Waals surface area contributed by atoms with Gasteiger partial charge in [-0.15, -0.1) is 0 Å². The first-order valence-electron chi connectivity index (χ1n) is 8.10. The lowest BCUT2D eigenvalue weighted by atomic mass is 10.1. The summed E-state index contributed by atoms with van der Waals surface area (Å²) in [6.45, 7) is -0.388. The molecule has 6 heteroatoms. The Morgan fingerprint density at radius 3 is 2.59 bits per heavy atom. The number of carbonyl (C=O) groups excluding carboxylic acids is 2. The maximum Gasteiger partial charge on any atom is 0.331 e. The van der Waals surface area contributed by atoms with Crippen LogP contribution in [0.1, 0.15) is 5.56 Å². The summed E-state index contributed by atoms with van der Waals surface area (Å²) >= 11 is 11.8. The lowest BCUT2D eigenvalue weighted by Crippen LogP contribution is -2.20. The van der Waals surface area contributed by atoms with Gasteiger partial charge in [-0.3, -0.25) is 4.79 Å². The summed E-state index contributed by atoms with van der Waals surface area (Å²) in [7, 11) is 0. The number of esters is 1. The van der Waals surface area contributed by atoms with Gasteiger partial charge in [-0.1, -0.05) is 65.7 Å². The number of rotatable bonds is 5. The predicted molar refractivity (Wildman–Crippen MR) is 109 cm³/mol. The summed E-state index contributed by atoms with van der Waals surface area (Å²) < 4.78 is 4.97. The molecule has 0 radical (unpaired) electrons. The largest absolute Gasteiger partial charge is 0.452 e. The fourth-order valence-electron chi connectivity index (χ4n) is 2.50. The first-order valence-corrected chi connectivity index (χ1v) is 8.86. The molecule has 0 saturated heterocycles. The van der Waals surface area contributed by atoms with E-state index < -0.39 is 11.9 Å². The number of benzene rings is 3. The van der Waals surface area contributed by atoms with E-state index in [0.29, 0.717) is 21.3 Å². The maximum absolute atomic E-state index is 12.1. The highest BCUT2D eigenvalue weighted by atomic mass is 35.5. The van der Waals surface area contributed by atoms with E-state index in [2.05, 4.69) is 5.32 Å². The van der Waals surface area contributed by atoms with Crippen LogP contribution >= 0.6 is 23.2 Å². The van der Waals surface area contributed by atoms with E-state index in [9.17, 15) is 9.59 Å². The Kier molecular flexibility index (Phi) is 6.12. The van der Waals surface area contributed by atoms with Gasteiger partial charge in [0.25, 0.3) is 5.91 Å². The first-order chi connectivity index (χ1) is 13.0. The molecule has 0 atom stereocenters. The number of ether oxygens (including phenoxy) is 1. The van der Waals surface area contributed by atoms with E-state index >= 15 is 0 Å². The monoisotopic (exact) mass is 399 g/mol. The molecule has 3 rings (SSSR count). The van der Waals surface area contributed by atoms with Crippen LogP contribution in [-0.4, -0.2) is 18.5 Å². The Hall–Kier alpha value is -2.82. The molecule has 136 valence electrons. The second-order valence-corrected chi connectivity index (χ2v) is 6.53. The third-order valence-electron chi connectivity index (χ3n) is 3.77. The SMILES string of the molecule is O=C(COC(=O)C=Cc1ccc(Cl)cc1Cl)Nc1cccc2ccccc12. The predicted octanol–water partition coefficient (Wildman–Crippen LogP) is 5.34. The summed E-state index contributed by atoms with van der Waals surface area (Å²) in [5.41, 5.74) is 1.29. The Labute approximate surface area is 166 Å². The summed E-state index contributed by atoms with van der Waals surface area (Å²) in [6, 6.07) is 18.2. The highest BCUT2D eigenvalue weighted by molar-refractivity contribution is 6.35. The van der Waals surface area contributed by atoms with Crippen molar-refractivity contribution in [3.8, 4) is 0 Å². The second-order valence-electron chi connectivity index (χ2n) is 5.68. The van der Waals surface area contributed by atoms with Crippen molar-refractivity contribution in [2.24, 2.45) is 0 Å². The Balaban J connectivity index is 1.57. The van der Waals surface area contributed by atoms with Gasteiger partial charge >= 0.3 is 5.97 Å². The molecule has 0 aliphatic carbocycles. The van der Waals surface area contributed by atoms with Crippen molar-refractivity contribution in [3.63, 3.8) is 0 Å². The van der Waals surface area contributed by atoms with Crippen LogP contribution in [0.5, 0.6) is 0 Å². The van der Waals surface area contributed by atoms with Crippen molar-refractivity contribution in [1.29, 1.82) is 0 Å². The maximum atomic E-state index is 12.1. The van der Waals surface area contributed by atoms with E-state index in [0.717, 1.165) is 10.8 Å². The zero-order valence-electron chi connectivity index (χ0n) is 14.1. The molecule has 0 bridgehead atoms. The number of anilines is 1. The van der Waals surface area contributed by atoms with Gasteiger partial charge in [-0.25, -0.2) is 4.79 Å². The molecular formula is C21H15Cl2NO3. The van der Waals surface area contributed by atoms with Crippen LogP contribution < -0.4 is 5.32 Å². The Morgan fingerprint density at radius 1 is 1.00 bits per heavy atom. The molecule has 0 heterocycles. The topological polar surface area (TPSA) is 55.4 Å². The molecule has 27 heavy (non-hydrogen) atoms. The molecule has 4 nitrogen and oxygen atoms in total. The fourth-order valence-corrected chi connectivity index (χ4v) is 2.97. The molecule has 3 aromatic carbocycles. The fraction of sp³-hybridized carbons (Fsp3) is 0.0476. The molecule has 0 aliphatic rings. The van der Waals surface area contributed by atoms with Crippen molar-refractivity contribution in [1.82, 2.24) is 0 Å². The van der Waals surface area contributed by atoms with Crippen LogP contribution in [0.4, 0.5) is 5.69 Å². The standard InChI is InChI=1S/C21H15Cl2NO3/c22-16-10-8-15(18(23)12-16)9-11-21(26)27-13-20(25)24-19-7-3-5-14-4-1-2-6-17(14)19/h1-12H,13H2,(H,24,25). The number of nitrogens with one attached hydrogen (secondary N) is 1. The van der Waals surface area contributed by atoms with Crippen molar-refractivity contribution < 1.29 is 14.3 Å². The van der Waals surface area contributed by atoms with Crippen LogP contribution in [-0.2, 0) is 14.3 Å². The molecule has 0 aliphatic heterocycles. The molecule has 1 N–H and O–H groups in total. The normalized spacial score (nSPS) is 10.9. The van der Waals surface area contributed by atoms with Gasteiger partial charge in [0.2, 0.25) is 0 Å². The van der Waals surface area contributed by atoms with Crippen LogP contribution in [0.2, 0.25) is 10.0 Å². The van der Waals surface area contributed by atoms with Crippen LogP contribution in [0.3, 0.4) is 0 Å². The number of halogens is 2. The van der Waals surface area contributed by atoms with Crippen LogP contribution in [0, 0.1) is 0 Å². The number of carbonyl (C=O) groups is 2. The molecular weight excluding hydrogens is 385 g/mol. The van der Waals surface area contributed by atoms with E-state index in [4.69, 9.17) is 27.9 Å². The summed E-state index contributed by atoms with van der Waals surface area (Å²) in [5.74, 6) is -1.06. The van der Waals surface area contributed by atoms with Gasteiger partial charge in [0.1, 0.15) is 0 Å². The Bertz CT molecular complexity index is 1030. The molecule has 0 aromatic heterocycles. The second kappa shape index (κ2) is 8.71. The molecule has 3 aromatic rings. The molecule has 0 unspecified atom stereocenters. The average molecular weight is 400 g/mol. The van der Waals surface area contributed by atoms with Gasteiger partial charge < -0.3 is 10.1 Å². The van der Waals surface area contributed by atoms with Crippen molar-refractivity contribution in [2.45, 2.75) is 0 Å². The minimum Gasteiger partial charge on any atom is -0.452 e.